The fraction of sp³-hybridized carbons (Fsp3) is 0.238. The van der Waals surface area contributed by atoms with E-state index in [0.29, 0.717) is 17.3 Å². The Morgan fingerprint density at radius 2 is 1.61 bits per heavy atom. The van der Waals surface area contributed by atoms with Gasteiger partial charge in [0, 0.05) is 24.4 Å². The molecule has 3 N–H and O–H groups in total. The SMILES string of the molecule is Cc1cc(C)cc(-c2cc(NCCc3ccc(S(C)(=O)=O)cc3)nc(N)n2)c1. The van der Waals surface area contributed by atoms with Crippen LogP contribution in [-0.2, 0) is 16.3 Å². The molecule has 0 saturated carbocycles. The minimum absolute atomic E-state index is 0.219. The number of hydrogen-bond acceptors (Lipinski definition) is 6. The van der Waals surface area contributed by atoms with Gasteiger partial charge < -0.3 is 11.1 Å². The van der Waals surface area contributed by atoms with Crippen molar-refractivity contribution in [3.05, 3.63) is 65.2 Å². The van der Waals surface area contributed by atoms with E-state index < -0.39 is 9.84 Å². The summed E-state index contributed by atoms with van der Waals surface area (Å²) in [5, 5.41) is 3.27. The first kappa shape index (κ1) is 19.8. The fourth-order valence-electron chi connectivity index (χ4n) is 3.07. The molecule has 0 spiro atoms. The predicted molar refractivity (Wildman–Crippen MR) is 113 cm³/mol. The monoisotopic (exact) mass is 396 g/mol. The molecular weight excluding hydrogens is 372 g/mol. The van der Waals surface area contributed by atoms with Gasteiger partial charge in [-0.25, -0.2) is 13.4 Å². The van der Waals surface area contributed by atoms with Crippen LogP contribution in [0.1, 0.15) is 16.7 Å². The van der Waals surface area contributed by atoms with Gasteiger partial charge in [-0.15, -0.1) is 0 Å². The Hall–Kier alpha value is -2.93. The van der Waals surface area contributed by atoms with Gasteiger partial charge in [0.15, 0.2) is 9.84 Å². The van der Waals surface area contributed by atoms with E-state index in [1.807, 2.05) is 18.2 Å². The summed E-state index contributed by atoms with van der Waals surface area (Å²) in [4.78, 5) is 8.94. The molecule has 0 aliphatic carbocycles. The van der Waals surface area contributed by atoms with Gasteiger partial charge in [0.2, 0.25) is 5.95 Å². The molecule has 6 nitrogen and oxygen atoms in total. The van der Waals surface area contributed by atoms with Crippen LogP contribution in [0.25, 0.3) is 11.3 Å². The summed E-state index contributed by atoms with van der Waals surface area (Å²) in [6.45, 7) is 4.74. The number of benzene rings is 2. The van der Waals surface area contributed by atoms with Crippen molar-refractivity contribution < 1.29 is 8.42 Å². The molecule has 0 bridgehead atoms. The zero-order valence-corrected chi connectivity index (χ0v) is 17.0. The zero-order valence-electron chi connectivity index (χ0n) is 16.2. The van der Waals surface area contributed by atoms with Gasteiger partial charge in [-0.2, -0.15) is 4.98 Å². The molecule has 3 aromatic rings. The lowest BCUT2D eigenvalue weighted by atomic mass is 10.0. The molecule has 0 atom stereocenters. The summed E-state index contributed by atoms with van der Waals surface area (Å²) in [6, 6.07) is 15.1. The predicted octanol–water partition coefficient (Wildman–Crippen LogP) is 3.40. The highest BCUT2D eigenvalue weighted by Gasteiger charge is 2.08. The number of nitrogens with two attached hydrogens (primary N) is 1. The average molecular weight is 397 g/mol. The molecule has 1 heterocycles. The van der Waals surface area contributed by atoms with E-state index >= 15 is 0 Å². The third-order valence-corrected chi connectivity index (χ3v) is 5.46. The lowest BCUT2D eigenvalue weighted by molar-refractivity contribution is 0.602. The van der Waals surface area contributed by atoms with Gasteiger partial charge in [-0.05, 0) is 50.1 Å². The van der Waals surface area contributed by atoms with E-state index in [1.54, 1.807) is 12.1 Å². The van der Waals surface area contributed by atoms with Gasteiger partial charge in [0.1, 0.15) is 5.82 Å². The first-order valence-corrected chi connectivity index (χ1v) is 10.9. The largest absolute Gasteiger partial charge is 0.370 e. The van der Waals surface area contributed by atoms with E-state index in [9.17, 15) is 8.42 Å². The second kappa shape index (κ2) is 7.98. The number of anilines is 2. The molecule has 0 fully saturated rings. The van der Waals surface area contributed by atoms with E-state index in [0.717, 1.165) is 23.2 Å². The van der Waals surface area contributed by atoms with E-state index in [1.165, 1.54) is 17.4 Å². The Morgan fingerprint density at radius 3 is 2.21 bits per heavy atom. The van der Waals surface area contributed by atoms with Gasteiger partial charge >= 0.3 is 0 Å². The number of nitrogen functional groups attached to an aromatic ring is 1. The molecule has 1 aromatic heterocycles. The van der Waals surface area contributed by atoms with Crippen molar-refractivity contribution in [2.75, 3.05) is 23.9 Å². The minimum Gasteiger partial charge on any atom is -0.370 e. The summed E-state index contributed by atoms with van der Waals surface area (Å²) in [5.74, 6) is 0.881. The first-order valence-electron chi connectivity index (χ1n) is 8.97. The lowest BCUT2D eigenvalue weighted by Crippen LogP contribution is -2.09. The third-order valence-electron chi connectivity index (χ3n) is 4.33. The maximum Gasteiger partial charge on any atom is 0.222 e. The lowest BCUT2D eigenvalue weighted by Gasteiger charge is -2.10. The summed E-state index contributed by atoms with van der Waals surface area (Å²) in [7, 11) is -3.17. The second-order valence-corrected chi connectivity index (χ2v) is 8.98. The van der Waals surface area contributed by atoms with Crippen molar-refractivity contribution in [2.24, 2.45) is 0 Å². The van der Waals surface area contributed by atoms with Gasteiger partial charge in [-0.3, -0.25) is 0 Å². The van der Waals surface area contributed by atoms with Crippen LogP contribution in [0.5, 0.6) is 0 Å². The van der Waals surface area contributed by atoms with Crippen molar-refractivity contribution >= 4 is 21.6 Å². The Labute approximate surface area is 165 Å². The van der Waals surface area contributed by atoms with Crippen molar-refractivity contribution in [2.45, 2.75) is 25.2 Å². The van der Waals surface area contributed by atoms with E-state index in [2.05, 4.69) is 47.3 Å². The molecule has 0 radical (unpaired) electrons. The van der Waals surface area contributed by atoms with Crippen LogP contribution < -0.4 is 11.1 Å². The van der Waals surface area contributed by atoms with Crippen molar-refractivity contribution in [1.29, 1.82) is 0 Å². The van der Waals surface area contributed by atoms with Gasteiger partial charge in [0.05, 0.1) is 10.6 Å². The molecule has 0 unspecified atom stereocenters. The molecule has 2 aromatic carbocycles. The number of aromatic nitrogens is 2. The topological polar surface area (TPSA) is 98.0 Å². The maximum absolute atomic E-state index is 11.5. The third kappa shape index (κ3) is 5.07. The number of sulfone groups is 1. The van der Waals surface area contributed by atoms with Crippen LogP contribution in [0.2, 0.25) is 0 Å². The van der Waals surface area contributed by atoms with Gasteiger partial charge in [0.25, 0.3) is 0 Å². The van der Waals surface area contributed by atoms with Crippen molar-refractivity contribution in [1.82, 2.24) is 9.97 Å². The normalized spacial score (nSPS) is 11.4. The standard InChI is InChI=1S/C21H24N4O2S/c1-14-10-15(2)12-17(11-14)19-13-20(25-21(22)24-19)23-9-8-16-4-6-18(7-5-16)28(3,26)27/h4-7,10-13H,8-9H2,1-3H3,(H3,22,23,24,25). The fourth-order valence-corrected chi connectivity index (χ4v) is 3.70. The maximum atomic E-state index is 11.5. The smallest absolute Gasteiger partial charge is 0.222 e. The molecule has 0 amide bonds. The highest BCUT2D eigenvalue weighted by Crippen LogP contribution is 2.23. The summed E-state index contributed by atoms with van der Waals surface area (Å²) < 4.78 is 23.1. The molecule has 0 aliphatic rings. The van der Waals surface area contributed by atoms with Crippen molar-refractivity contribution in [3.63, 3.8) is 0 Å². The van der Waals surface area contributed by atoms with Crippen LogP contribution in [0, 0.1) is 13.8 Å². The van der Waals surface area contributed by atoms with E-state index in [-0.39, 0.29) is 5.95 Å². The summed E-state index contributed by atoms with van der Waals surface area (Å²) in [5.41, 5.74) is 11.0. The van der Waals surface area contributed by atoms with Crippen molar-refractivity contribution in [3.8, 4) is 11.3 Å². The highest BCUT2D eigenvalue weighted by atomic mass is 32.2. The Balaban J connectivity index is 1.70. The second-order valence-electron chi connectivity index (χ2n) is 6.97. The Bertz CT molecular complexity index is 1070. The molecule has 28 heavy (non-hydrogen) atoms. The van der Waals surface area contributed by atoms with Gasteiger partial charge in [-0.1, -0.05) is 29.3 Å². The summed E-state index contributed by atoms with van der Waals surface area (Å²) >= 11 is 0. The molecule has 7 heteroatoms. The van der Waals surface area contributed by atoms with Crippen LogP contribution in [0.4, 0.5) is 11.8 Å². The molecule has 0 saturated heterocycles. The summed E-state index contributed by atoms with van der Waals surface area (Å²) in [6.07, 6.45) is 1.93. The highest BCUT2D eigenvalue weighted by molar-refractivity contribution is 7.90. The van der Waals surface area contributed by atoms with Crippen LogP contribution in [0.3, 0.4) is 0 Å². The number of nitrogens with one attached hydrogen (secondary N) is 1. The number of aryl methyl sites for hydroxylation is 2. The quantitative estimate of drug-likeness (QED) is 0.663. The number of hydrogen-bond donors (Lipinski definition) is 2. The van der Waals surface area contributed by atoms with Crippen LogP contribution in [-0.4, -0.2) is 31.2 Å². The number of nitrogens with zero attached hydrogens (tertiary/aromatic N) is 2. The molecular formula is C21H24N4O2S. The molecule has 146 valence electrons. The minimum atomic E-state index is -3.17. The van der Waals surface area contributed by atoms with E-state index in [4.69, 9.17) is 5.73 Å². The molecule has 3 rings (SSSR count). The Kier molecular flexibility index (Phi) is 5.65. The molecule has 0 aliphatic heterocycles. The zero-order chi connectivity index (χ0) is 20.3. The first-order chi connectivity index (χ1) is 13.2. The average Bonchev–Trinajstić information content (AvgIpc) is 2.60. The Morgan fingerprint density at radius 1 is 0.964 bits per heavy atom. The van der Waals surface area contributed by atoms with Crippen LogP contribution >= 0.6 is 0 Å². The van der Waals surface area contributed by atoms with Crippen LogP contribution in [0.15, 0.2) is 53.4 Å². The number of rotatable bonds is 6.